The summed E-state index contributed by atoms with van der Waals surface area (Å²) in [5, 5.41) is 10.9. The summed E-state index contributed by atoms with van der Waals surface area (Å²) in [6, 6.07) is 12.8. The van der Waals surface area contributed by atoms with E-state index < -0.39 is 0 Å². The molecule has 1 aliphatic heterocycles. The van der Waals surface area contributed by atoms with E-state index >= 15 is 0 Å². The number of fused-ring (bicyclic) bond motifs is 2. The number of amides is 2. The molecule has 0 saturated heterocycles. The van der Waals surface area contributed by atoms with Gasteiger partial charge in [-0.25, -0.2) is 0 Å². The van der Waals surface area contributed by atoms with Gasteiger partial charge in [-0.1, -0.05) is 18.2 Å². The van der Waals surface area contributed by atoms with Crippen molar-refractivity contribution in [2.24, 2.45) is 0 Å². The molecule has 2 aromatic heterocycles. The third-order valence-corrected chi connectivity index (χ3v) is 4.16. The van der Waals surface area contributed by atoms with Crippen molar-refractivity contribution in [1.29, 1.82) is 0 Å². The van der Waals surface area contributed by atoms with Crippen LogP contribution in [0.1, 0.15) is 12.2 Å². The summed E-state index contributed by atoms with van der Waals surface area (Å²) in [6.45, 7) is 0.458. The van der Waals surface area contributed by atoms with Crippen molar-refractivity contribution in [3.8, 4) is 5.75 Å². The van der Waals surface area contributed by atoms with E-state index in [4.69, 9.17) is 4.74 Å². The number of carbonyl (C=O) groups excluding carboxylic acids is 2. The maximum absolute atomic E-state index is 12.4. The molecule has 0 radical (unpaired) electrons. The molecule has 3 aromatic rings. The number of anilines is 1. The summed E-state index contributed by atoms with van der Waals surface area (Å²) in [5.41, 5.74) is 1.32. The van der Waals surface area contributed by atoms with Gasteiger partial charge in [0.25, 0.3) is 0 Å². The molecule has 0 unspecified atom stereocenters. The van der Waals surface area contributed by atoms with Gasteiger partial charge in [0.15, 0.2) is 11.5 Å². The van der Waals surface area contributed by atoms with E-state index in [-0.39, 0.29) is 31.3 Å². The number of hydrogen-bond donors (Lipinski definition) is 1. The van der Waals surface area contributed by atoms with Crippen LogP contribution in [0.5, 0.6) is 5.75 Å². The molecular weight excluding hydrogens is 334 g/mol. The van der Waals surface area contributed by atoms with Crippen LogP contribution in [0.2, 0.25) is 0 Å². The summed E-state index contributed by atoms with van der Waals surface area (Å²) in [4.78, 5) is 26.2. The number of pyridine rings is 1. The van der Waals surface area contributed by atoms with Gasteiger partial charge in [-0.05, 0) is 24.3 Å². The highest BCUT2D eigenvalue weighted by atomic mass is 16.5. The van der Waals surface area contributed by atoms with Crippen molar-refractivity contribution < 1.29 is 14.3 Å². The Hall–Kier alpha value is -3.42. The Kier molecular flexibility index (Phi) is 4.22. The van der Waals surface area contributed by atoms with Crippen LogP contribution >= 0.6 is 0 Å². The molecule has 1 N–H and O–H groups in total. The minimum absolute atomic E-state index is 0.0735. The molecule has 2 amide bonds. The molecular formula is C18H17N5O3. The molecule has 0 aliphatic carbocycles. The second kappa shape index (κ2) is 6.83. The molecule has 0 saturated carbocycles. The van der Waals surface area contributed by atoms with E-state index in [1.54, 1.807) is 16.5 Å². The van der Waals surface area contributed by atoms with Gasteiger partial charge in [0.1, 0.15) is 12.3 Å². The van der Waals surface area contributed by atoms with Crippen molar-refractivity contribution in [2.45, 2.75) is 13.0 Å². The lowest BCUT2D eigenvalue weighted by molar-refractivity contribution is -0.124. The van der Waals surface area contributed by atoms with Gasteiger partial charge in [-0.15, -0.1) is 10.2 Å². The largest absolute Gasteiger partial charge is 0.491 e. The first kappa shape index (κ1) is 16.1. The molecule has 0 atom stereocenters. The molecule has 8 nitrogen and oxygen atoms in total. The molecule has 8 heteroatoms. The highest BCUT2D eigenvalue weighted by Crippen LogP contribution is 2.30. The summed E-state index contributed by atoms with van der Waals surface area (Å²) < 4.78 is 7.39. The quantitative estimate of drug-likeness (QED) is 0.762. The minimum Gasteiger partial charge on any atom is -0.491 e. The lowest BCUT2D eigenvalue weighted by Crippen LogP contribution is -2.40. The molecule has 4 rings (SSSR count). The van der Waals surface area contributed by atoms with Gasteiger partial charge < -0.3 is 10.1 Å². The molecule has 0 fully saturated rings. The molecule has 0 spiro atoms. The first-order chi connectivity index (χ1) is 12.7. The summed E-state index contributed by atoms with van der Waals surface area (Å²) >= 11 is 0. The number of nitrogens with one attached hydrogen (secondary N) is 1. The van der Waals surface area contributed by atoms with Gasteiger partial charge in [0.2, 0.25) is 11.8 Å². The standard InChI is InChI=1S/C18H17N5O3/c24-17(19-11-16-21-20-15-7-3-4-9-22(15)16)12-23-13-5-1-2-6-14(13)26-10-8-18(23)25/h1-7,9H,8,10-12H2,(H,19,24). The number of ether oxygens (including phenoxy) is 1. The Labute approximate surface area is 149 Å². The first-order valence-corrected chi connectivity index (χ1v) is 8.30. The van der Waals surface area contributed by atoms with E-state index in [2.05, 4.69) is 15.5 Å². The number of aromatic nitrogens is 3. The van der Waals surface area contributed by atoms with E-state index in [1.807, 2.05) is 36.5 Å². The Bertz CT molecular complexity index is 968. The smallest absolute Gasteiger partial charge is 0.240 e. The van der Waals surface area contributed by atoms with E-state index in [0.717, 1.165) is 0 Å². The van der Waals surface area contributed by atoms with Crippen molar-refractivity contribution in [3.63, 3.8) is 0 Å². The fourth-order valence-electron chi connectivity index (χ4n) is 2.88. The highest BCUT2D eigenvalue weighted by molar-refractivity contribution is 6.00. The summed E-state index contributed by atoms with van der Waals surface area (Å²) in [6.07, 6.45) is 2.07. The van der Waals surface area contributed by atoms with Crippen molar-refractivity contribution in [1.82, 2.24) is 19.9 Å². The van der Waals surface area contributed by atoms with Gasteiger partial charge >= 0.3 is 0 Å². The van der Waals surface area contributed by atoms with Crippen LogP contribution in [0.4, 0.5) is 5.69 Å². The number of benzene rings is 1. The van der Waals surface area contributed by atoms with Crippen molar-refractivity contribution in [2.75, 3.05) is 18.1 Å². The van der Waals surface area contributed by atoms with Crippen LogP contribution in [0.15, 0.2) is 48.7 Å². The predicted molar refractivity (Wildman–Crippen MR) is 93.7 cm³/mol. The summed E-state index contributed by atoms with van der Waals surface area (Å²) in [7, 11) is 0. The maximum atomic E-state index is 12.4. The molecule has 1 aromatic carbocycles. The van der Waals surface area contributed by atoms with Crippen molar-refractivity contribution in [3.05, 3.63) is 54.5 Å². The number of hydrogen-bond acceptors (Lipinski definition) is 5. The Balaban J connectivity index is 1.46. The Morgan fingerprint density at radius 2 is 2.00 bits per heavy atom. The van der Waals surface area contributed by atoms with Gasteiger partial charge in [-0.2, -0.15) is 0 Å². The van der Waals surface area contributed by atoms with Gasteiger partial charge in [0.05, 0.1) is 25.3 Å². The second-order valence-electron chi connectivity index (χ2n) is 5.87. The number of para-hydroxylation sites is 2. The molecule has 26 heavy (non-hydrogen) atoms. The molecule has 1 aliphatic rings. The van der Waals surface area contributed by atoms with Crippen LogP contribution in [0.25, 0.3) is 5.65 Å². The lowest BCUT2D eigenvalue weighted by atomic mass is 10.2. The van der Waals surface area contributed by atoms with E-state index in [0.29, 0.717) is 29.5 Å². The average molecular weight is 351 g/mol. The van der Waals surface area contributed by atoms with Gasteiger partial charge in [0, 0.05) is 6.20 Å². The molecule has 132 valence electrons. The minimum atomic E-state index is -0.275. The zero-order valence-electron chi connectivity index (χ0n) is 14.0. The fraction of sp³-hybridized carbons (Fsp3) is 0.222. The van der Waals surface area contributed by atoms with Crippen LogP contribution in [-0.4, -0.2) is 39.6 Å². The highest BCUT2D eigenvalue weighted by Gasteiger charge is 2.25. The number of carbonyl (C=O) groups is 2. The average Bonchev–Trinajstić information content (AvgIpc) is 3.01. The summed E-state index contributed by atoms with van der Waals surface area (Å²) in [5.74, 6) is 0.815. The Morgan fingerprint density at radius 1 is 1.15 bits per heavy atom. The number of nitrogens with zero attached hydrogens (tertiary/aromatic N) is 4. The monoisotopic (exact) mass is 351 g/mol. The zero-order chi connectivity index (χ0) is 17.9. The topological polar surface area (TPSA) is 88.8 Å². The SMILES string of the molecule is O=C(CN1C(=O)CCOc2ccccc21)NCc1nnc2ccccn12. The van der Waals surface area contributed by atoms with Crippen molar-refractivity contribution >= 4 is 23.1 Å². The van der Waals surface area contributed by atoms with E-state index in [9.17, 15) is 9.59 Å². The normalized spacial score (nSPS) is 13.8. The van der Waals surface area contributed by atoms with Crippen LogP contribution in [-0.2, 0) is 16.1 Å². The predicted octanol–water partition coefficient (Wildman–Crippen LogP) is 1.16. The Morgan fingerprint density at radius 3 is 2.92 bits per heavy atom. The fourth-order valence-corrected chi connectivity index (χ4v) is 2.88. The third-order valence-electron chi connectivity index (χ3n) is 4.16. The van der Waals surface area contributed by atoms with E-state index in [1.165, 1.54) is 4.90 Å². The number of rotatable bonds is 4. The van der Waals surface area contributed by atoms with Gasteiger partial charge in [-0.3, -0.25) is 18.9 Å². The second-order valence-corrected chi connectivity index (χ2v) is 5.87. The molecule has 3 heterocycles. The van der Waals surface area contributed by atoms with Crippen LogP contribution in [0.3, 0.4) is 0 Å². The zero-order valence-corrected chi connectivity index (χ0v) is 14.0. The van der Waals surface area contributed by atoms with Crippen LogP contribution in [0, 0.1) is 0 Å². The third kappa shape index (κ3) is 3.08. The first-order valence-electron chi connectivity index (χ1n) is 8.30. The molecule has 0 bridgehead atoms. The lowest BCUT2D eigenvalue weighted by Gasteiger charge is -2.21. The van der Waals surface area contributed by atoms with Crippen LogP contribution < -0.4 is 15.0 Å². The maximum Gasteiger partial charge on any atom is 0.240 e.